The van der Waals surface area contributed by atoms with Crippen molar-refractivity contribution in [3.63, 3.8) is 0 Å². The van der Waals surface area contributed by atoms with Crippen LogP contribution in [0.15, 0.2) is 23.1 Å². The lowest BCUT2D eigenvalue weighted by atomic mass is 9.65. The summed E-state index contributed by atoms with van der Waals surface area (Å²) in [5.41, 5.74) is 0.269. The molecule has 1 saturated carbocycles. The number of ether oxygens (including phenoxy) is 2. The molecule has 0 spiro atoms. The topological polar surface area (TPSA) is 93.2 Å². The first kappa shape index (κ1) is 25.9. The Kier molecular flexibility index (Phi) is 7.21. The Labute approximate surface area is 209 Å². The van der Waals surface area contributed by atoms with Gasteiger partial charge in [0.2, 0.25) is 10.0 Å². The summed E-state index contributed by atoms with van der Waals surface area (Å²) >= 11 is 0. The number of amides is 1. The highest BCUT2D eigenvalue weighted by Crippen LogP contribution is 2.52. The maximum atomic E-state index is 13.2. The van der Waals surface area contributed by atoms with Crippen LogP contribution in [0, 0.1) is 10.8 Å². The van der Waals surface area contributed by atoms with Crippen molar-refractivity contribution in [1.82, 2.24) is 9.21 Å². The summed E-state index contributed by atoms with van der Waals surface area (Å²) in [6.45, 7) is 7.93. The third-order valence-electron chi connectivity index (χ3n) is 7.66. The van der Waals surface area contributed by atoms with Gasteiger partial charge in [-0.05, 0) is 61.1 Å². The van der Waals surface area contributed by atoms with Crippen molar-refractivity contribution in [3.8, 4) is 5.75 Å². The van der Waals surface area contributed by atoms with Crippen LogP contribution in [0.2, 0.25) is 0 Å². The fraction of sp³-hybridized carbons (Fsp3) is 0.692. The van der Waals surface area contributed by atoms with Gasteiger partial charge < -0.3 is 14.4 Å². The van der Waals surface area contributed by atoms with Crippen molar-refractivity contribution >= 4 is 21.9 Å². The standard InChI is InChI=1S/C26H38N2O6S/c1-25(2)14-19-15-26(3,17-25)18-28(19)23(29)16-34-24(30)21-13-20(9-10-22(21)33-4)35(31,32)27-11-7-5-6-8-12-27/h9-10,13,19H,5-8,11-12,14-18H2,1-4H3. The highest BCUT2D eigenvalue weighted by atomic mass is 32.2. The van der Waals surface area contributed by atoms with Gasteiger partial charge in [-0.1, -0.05) is 33.6 Å². The number of sulfonamides is 1. The summed E-state index contributed by atoms with van der Waals surface area (Å²) in [4.78, 5) is 27.9. The van der Waals surface area contributed by atoms with Gasteiger partial charge >= 0.3 is 5.97 Å². The lowest BCUT2D eigenvalue weighted by Gasteiger charge is -2.39. The van der Waals surface area contributed by atoms with Crippen LogP contribution < -0.4 is 4.74 Å². The fourth-order valence-electron chi connectivity index (χ4n) is 6.48. The van der Waals surface area contributed by atoms with Crippen molar-refractivity contribution in [2.24, 2.45) is 10.8 Å². The van der Waals surface area contributed by atoms with Gasteiger partial charge in [0.15, 0.2) is 6.61 Å². The first-order chi connectivity index (χ1) is 16.4. The maximum absolute atomic E-state index is 13.2. The molecule has 2 heterocycles. The van der Waals surface area contributed by atoms with Gasteiger partial charge in [-0.15, -0.1) is 0 Å². The minimum absolute atomic E-state index is 0.00413. The molecule has 2 aliphatic heterocycles. The van der Waals surface area contributed by atoms with E-state index in [1.54, 1.807) is 0 Å². The molecule has 2 unspecified atom stereocenters. The lowest BCUT2D eigenvalue weighted by molar-refractivity contribution is -0.135. The van der Waals surface area contributed by atoms with E-state index in [0.717, 1.165) is 44.9 Å². The molecule has 0 N–H and O–H groups in total. The van der Waals surface area contributed by atoms with Crippen LogP contribution in [0.4, 0.5) is 0 Å². The van der Waals surface area contributed by atoms with Gasteiger partial charge in [0.25, 0.3) is 5.91 Å². The van der Waals surface area contributed by atoms with E-state index in [1.165, 1.54) is 29.6 Å². The van der Waals surface area contributed by atoms with Crippen LogP contribution in [0.25, 0.3) is 0 Å². The molecule has 194 valence electrons. The summed E-state index contributed by atoms with van der Waals surface area (Å²) in [7, 11) is -2.33. The Morgan fingerprint density at radius 3 is 2.40 bits per heavy atom. The number of methoxy groups -OCH3 is 1. The van der Waals surface area contributed by atoms with E-state index < -0.39 is 16.0 Å². The van der Waals surface area contributed by atoms with E-state index in [4.69, 9.17) is 9.47 Å². The second kappa shape index (κ2) is 9.73. The van der Waals surface area contributed by atoms with Crippen molar-refractivity contribution < 1.29 is 27.5 Å². The van der Waals surface area contributed by atoms with Crippen molar-refractivity contribution in [2.75, 3.05) is 33.4 Å². The molecular weight excluding hydrogens is 468 g/mol. The molecule has 2 saturated heterocycles. The molecule has 3 fully saturated rings. The van der Waals surface area contributed by atoms with E-state index in [1.807, 2.05) is 4.90 Å². The predicted octanol–water partition coefficient (Wildman–Crippen LogP) is 3.84. The van der Waals surface area contributed by atoms with Crippen molar-refractivity contribution in [1.29, 1.82) is 0 Å². The molecule has 2 atom stereocenters. The third-order valence-corrected chi connectivity index (χ3v) is 9.55. The average molecular weight is 507 g/mol. The minimum Gasteiger partial charge on any atom is -0.496 e. The molecule has 1 aromatic rings. The zero-order valence-corrected chi connectivity index (χ0v) is 22.2. The molecule has 3 aliphatic rings. The number of hydrogen-bond acceptors (Lipinski definition) is 6. The predicted molar refractivity (Wildman–Crippen MR) is 132 cm³/mol. The Morgan fingerprint density at radius 1 is 1.06 bits per heavy atom. The first-order valence-corrected chi connectivity index (χ1v) is 14.0. The summed E-state index contributed by atoms with van der Waals surface area (Å²) in [6, 6.07) is 4.38. The Morgan fingerprint density at radius 2 is 1.74 bits per heavy atom. The minimum atomic E-state index is -3.74. The molecule has 35 heavy (non-hydrogen) atoms. The molecule has 0 aromatic heterocycles. The molecule has 8 nitrogen and oxygen atoms in total. The number of likely N-dealkylation sites (tertiary alicyclic amines) is 1. The second-order valence-corrected chi connectivity index (χ2v) is 13.4. The number of fused-ring (bicyclic) bond motifs is 2. The van der Waals surface area contributed by atoms with Crippen molar-refractivity contribution in [2.45, 2.75) is 76.7 Å². The number of benzene rings is 1. The molecular formula is C26H38N2O6S. The van der Waals surface area contributed by atoms with Gasteiger partial charge in [-0.3, -0.25) is 4.79 Å². The molecule has 2 bridgehead atoms. The van der Waals surface area contributed by atoms with Crippen LogP contribution in [-0.2, 0) is 19.6 Å². The second-order valence-electron chi connectivity index (χ2n) is 11.5. The van der Waals surface area contributed by atoms with Crippen LogP contribution in [0.1, 0.15) is 76.1 Å². The number of carbonyl (C=O) groups excluding carboxylic acids is 2. The molecule has 1 amide bonds. The van der Waals surface area contributed by atoms with Crippen LogP contribution in [0.3, 0.4) is 0 Å². The van der Waals surface area contributed by atoms with Gasteiger partial charge in [-0.2, -0.15) is 4.31 Å². The van der Waals surface area contributed by atoms with Crippen LogP contribution >= 0.6 is 0 Å². The number of nitrogens with zero attached hydrogens (tertiary/aromatic N) is 2. The number of rotatable bonds is 6. The summed E-state index contributed by atoms with van der Waals surface area (Å²) < 4.78 is 38.6. The van der Waals surface area contributed by atoms with E-state index in [0.29, 0.717) is 19.6 Å². The van der Waals surface area contributed by atoms with Crippen molar-refractivity contribution in [3.05, 3.63) is 23.8 Å². The van der Waals surface area contributed by atoms with Gasteiger partial charge in [0, 0.05) is 25.7 Å². The van der Waals surface area contributed by atoms with Gasteiger partial charge in [0.1, 0.15) is 11.3 Å². The monoisotopic (exact) mass is 506 g/mol. The number of carbonyl (C=O) groups is 2. The smallest absolute Gasteiger partial charge is 0.342 e. The third kappa shape index (κ3) is 5.50. The van der Waals surface area contributed by atoms with Gasteiger partial charge in [0.05, 0.1) is 12.0 Å². The van der Waals surface area contributed by atoms with Crippen LogP contribution in [-0.4, -0.2) is 68.9 Å². The first-order valence-electron chi connectivity index (χ1n) is 12.6. The van der Waals surface area contributed by atoms with E-state index >= 15 is 0 Å². The van der Waals surface area contributed by atoms with E-state index in [2.05, 4.69) is 20.8 Å². The highest BCUT2D eigenvalue weighted by Gasteiger charge is 2.51. The SMILES string of the molecule is COc1ccc(S(=O)(=O)N2CCCCCC2)cc1C(=O)OCC(=O)N1CC2(C)CC1CC(C)(C)C2. The zero-order valence-electron chi connectivity index (χ0n) is 21.3. The summed E-state index contributed by atoms with van der Waals surface area (Å²) in [5.74, 6) is -0.766. The van der Waals surface area contributed by atoms with E-state index in [-0.39, 0.29) is 45.6 Å². The normalized spacial score (nSPS) is 26.7. The molecule has 4 rings (SSSR count). The summed E-state index contributed by atoms with van der Waals surface area (Å²) in [6.07, 6.45) is 6.63. The lowest BCUT2D eigenvalue weighted by Crippen LogP contribution is -2.39. The number of hydrogen-bond donors (Lipinski definition) is 0. The quantitative estimate of drug-likeness (QED) is 0.544. The zero-order chi connectivity index (χ0) is 25.4. The Balaban J connectivity index is 1.47. The summed E-state index contributed by atoms with van der Waals surface area (Å²) in [5, 5.41) is 0. The number of esters is 1. The molecule has 0 radical (unpaired) electrons. The molecule has 1 aliphatic carbocycles. The molecule has 9 heteroatoms. The molecule has 1 aromatic carbocycles. The Hall–Kier alpha value is -2.13. The van der Waals surface area contributed by atoms with E-state index in [9.17, 15) is 18.0 Å². The Bertz CT molecular complexity index is 1080. The maximum Gasteiger partial charge on any atom is 0.342 e. The van der Waals surface area contributed by atoms with Gasteiger partial charge in [-0.25, -0.2) is 13.2 Å². The van der Waals surface area contributed by atoms with Crippen LogP contribution in [0.5, 0.6) is 5.75 Å². The largest absolute Gasteiger partial charge is 0.496 e. The fourth-order valence-corrected chi connectivity index (χ4v) is 8.02. The average Bonchev–Trinajstić information content (AvgIpc) is 2.96. The highest BCUT2D eigenvalue weighted by molar-refractivity contribution is 7.89.